The molecule has 2 rings (SSSR count). The Morgan fingerprint density at radius 2 is 1.97 bits per heavy atom. The molecule has 0 bridgehead atoms. The number of aryl methyl sites for hydroxylation is 1. The van der Waals surface area contributed by atoms with Crippen molar-refractivity contribution in [3.8, 4) is 0 Å². The van der Waals surface area contributed by atoms with E-state index >= 15 is 0 Å². The molecule has 0 saturated carbocycles. The molecule has 0 aromatic carbocycles. The van der Waals surface area contributed by atoms with Crippen LogP contribution in [0.1, 0.15) is 52.1 Å². The lowest BCUT2D eigenvalue weighted by Gasteiger charge is -2.13. The lowest BCUT2D eigenvalue weighted by atomic mass is 10.1. The lowest BCUT2D eigenvalue weighted by Crippen LogP contribution is -2.26. The van der Waals surface area contributed by atoms with Gasteiger partial charge in [0, 0.05) is 0 Å². The van der Waals surface area contributed by atoms with Crippen molar-refractivity contribution in [1.29, 1.82) is 0 Å². The Balaban J connectivity index is 2.26. The number of carbonyl (C=O) groups excluding carboxylic acids is 3. The first kappa shape index (κ1) is 23.0. The van der Waals surface area contributed by atoms with Gasteiger partial charge < -0.3 is 25.9 Å². The number of thiophene rings is 1. The summed E-state index contributed by atoms with van der Waals surface area (Å²) in [5.41, 5.74) is 6.32. The number of nitrogens with one attached hydrogen (secondary N) is 1. The van der Waals surface area contributed by atoms with Crippen LogP contribution in [0.4, 0.5) is 10.8 Å². The van der Waals surface area contributed by atoms with Crippen LogP contribution in [0.15, 0.2) is 6.07 Å². The maximum absolute atomic E-state index is 12.7. The Morgan fingerprint density at radius 1 is 1.33 bits per heavy atom. The molecule has 1 unspecified atom stereocenters. The van der Waals surface area contributed by atoms with Gasteiger partial charge in [0.25, 0.3) is 5.91 Å². The van der Waals surface area contributed by atoms with Crippen molar-refractivity contribution in [2.45, 2.75) is 47.3 Å². The third-order valence-corrected chi connectivity index (χ3v) is 5.43. The topological polar surface area (TPSA) is 159 Å². The predicted octanol–water partition coefficient (Wildman–Crippen LogP) is 2.41. The molecule has 0 aliphatic carbocycles. The van der Waals surface area contributed by atoms with Crippen LogP contribution >= 0.6 is 11.3 Å². The number of carbonyl (C=O) groups is 3. The van der Waals surface area contributed by atoms with Gasteiger partial charge in [-0.2, -0.15) is 4.68 Å². The van der Waals surface area contributed by atoms with Crippen molar-refractivity contribution in [2.75, 3.05) is 5.32 Å². The monoisotopic (exact) mass is 437 g/mol. The number of nitrogens with zero attached hydrogens (tertiary/aromatic N) is 3. The molecule has 2 heterocycles. The van der Waals surface area contributed by atoms with Gasteiger partial charge in [0.2, 0.25) is 5.91 Å². The molecule has 0 aliphatic rings. The highest BCUT2D eigenvalue weighted by atomic mass is 32.1. The van der Waals surface area contributed by atoms with Gasteiger partial charge in [-0.05, 0) is 38.2 Å². The Bertz CT molecular complexity index is 1010. The number of anilines is 1. The van der Waals surface area contributed by atoms with Crippen molar-refractivity contribution in [3.63, 3.8) is 0 Å². The number of ether oxygens (including phenoxy) is 1. The van der Waals surface area contributed by atoms with Crippen molar-refractivity contribution in [2.24, 2.45) is 11.7 Å². The summed E-state index contributed by atoms with van der Waals surface area (Å²) in [6, 6.07) is 1.31. The second kappa shape index (κ2) is 9.03. The molecule has 12 heteroatoms. The number of nitro groups is 1. The molecule has 0 saturated heterocycles. The van der Waals surface area contributed by atoms with Crippen LogP contribution in [0.2, 0.25) is 0 Å². The Morgan fingerprint density at radius 3 is 2.47 bits per heavy atom. The average Bonchev–Trinajstić information content (AvgIpc) is 3.14. The van der Waals surface area contributed by atoms with Gasteiger partial charge in [-0.15, -0.1) is 11.3 Å². The molecule has 0 aliphatic heterocycles. The van der Waals surface area contributed by atoms with Gasteiger partial charge in [-0.3, -0.25) is 9.59 Å². The van der Waals surface area contributed by atoms with Crippen molar-refractivity contribution in [3.05, 3.63) is 37.9 Å². The number of hydrogen-bond acceptors (Lipinski definition) is 8. The zero-order valence-electron chi connectivity index (χ0n) is 17.2. The summed E-state index contributed by atoms with van der Waals surface area (Å²) in [7, 11) is 0. The fourth-order valence-electron chi connectivity index (χ4n) is 2.70. The van der Waals surface area contributed by atoms with E-state index in [-0.39, 0.29) is 27.8 Å². The van der Waals surface area contributed by atoms with E-state index in [2.05, 4.69) is 10.4 Å². The van der Waals surface area contributed by atoms with Crippen LogP contribution in [0, 0.1) is 29.9 Å². The summed E-state index contributed by atoms with van der Waals surface area (Å²) < 4.78 is 6.58. The molecule has 3 N–H and O–H groups in total. The fourth-order valence-corrected chi connectivity index (χ4v) is 3.75. The third kappa shape index (κ3) is 5.00. The first-order valence-electron chi connectivity index (χ1n) is 9.06. The summed E-state index contributed by atoms with van der Waals surface area (Å²) in [4.78, 5) is 47.3. The number of aromatic nitrogens is 2. The third-order valence-electron chi connectivity index (χ3n) is 4.20. The van der Waals surface area contributed by atoms with E-state index in [1.165, 1.54) is 10.7 Å². The highest BCUT2D eigenvalue weighted by Crippen LogP contribution is 2.34. The smallest absolute Gasteiger partial charge is 0.390 e. The fraction of sp³-hybridized carbons (Fsp3) is 0.444. The van der Waals surface area contributed by atoms with Gasteiger partial charge >= 0.3 is 11.8 Å². The van der Waals surface area contributed by atoms with E-state index in [4.69, 9.17) is 10.5 Å². The first-order valence-corrected chi connectivity index (χ1v) is 9.87. The minimum Gasteiger partial charge on any atom is -0.459 e. The van der Waals surface area contributed by atoms with Crippen LogP contribution in [0.5, 0.6) is 0 Å². The van der Waals surface area contributed by atoms with Crippen molar-refractivity contribution >= 4 is 39.9 Å². The minimum atomic E-state index is -0.718. The molecule has 162 valence electrons. The van der Waals surface area contributed by atoms with Gasteiger partial charge in [0.15, 0.2) is 0 Å². The maximum Gasteiger partial charge on any atom is 0.390 e. The van der Waals surface area contributed by atoms with E-state index in [0.717, 1.165) is 11.3 Å². The van der Waals surface area contributed by atoms with E-state index < -0.39 is 34.7 Å². The molecule has 11 nitrogen and oxygen atoms in total. The van der Waals surface area contributed by atoms with Gasteiger partial charge in [0.05, 0.1) is 45.9 Å². The van der Waals surface area contributed by atoms with E-state index in [1.807, 2.05) is 0 Å². The second-order valence-electron chi connectivity index (χ2n) is 7.05. The predicted molar refractivity (Wildman–Crippen MR) is 110 cm³/mol. The number of primary amides is 1. The van der Waals surface area contributed by atoms with Crippen LogP contribution in [0.3, 0.4) is 0 Å². The summed E-state index contributed by atoms with van der Waals surface area (Å²) in [5.74, 6) is -2.80. The number of esters is 1. The van der Waals surface area contributed by atoms with Crippen LogP contribution < -0.4 is 11.1 Å². The quantitative estimate of drug-likeness (QED) is 0.364. The normalized spacial score (nSPS) is 11.9. The first-order chi connectivity index (χ1) is 13.9. The summed E-state index contributed by atoms with van der Waals surface area (Å²) in [6.45, 7) is 8.26. The van der Waals surface area contributed by atoms with Crippen LogP contribution in [-0.2, 0) is 16.1 Å². The lowest BCUT2D eigenvalue weighted by molar-refractivity contribution is -0.389. The highest BCUT2D eigenvalue weighted by molar-refractivity contribution is 7.18. The summed E-state index contributed by atoms with van der Waals surface area (Å²) in [6.07, 6.45) is -0.394. The zero-order chi connectivity index (χ0) is 22.7. The largest absolute Gasteiger partial charge is 0.459 e. The Hall–Kier alpha value is -3.28. The van der Waals surface area contributed by atoms with E-state index in [9.17, 15) is 24.5 Å². The molecule has 2 aromatic rings. The van der Waals surface area contributed by atoms with E-state index in [0.29, 0.717) is 11.3 Å². The SMILES string of the molecule is Cc1c(C(N)=O)sc(NC(=O)C(C)Cn2nc([N+](=O)[O-])cc2C)c1C(=O)OC(C)C. The molecular weight excluding hydrogens is 414 g/mol. The summed E-state index contributed by atoms with van der Waals surface area (Å²) >= 11 is 0.894. The Labute approximate surface area is 176 Å². The number of amides is 2. The maximum atomic E-state index is 12.7. The Kier molecular flexibility index (Phi) is 6.92. The molecule has 2 aromatic heterocycles. The molecule has 0 spiro atoms. The standard InChI is InChI=1S/C18H23N5O6S/c1-8(2)29-18(26)13-11(5)14(15(19)24)30-17(13)20-16(25)9(3)7-22-10(4)6-12(21-22)23(27)28/h6,8-9H,7H2,1-5H3,(H2,19,24)(H,20,25). The molecule has 0 radical (unpaired) electrons. The number of nitrogens with two attached hydrogens (primary N) is 1. The van der Waals surface area contributed by atoms with Gasteiger partial charge in [-0.25, -0.2) is 4.79 Å². The molecule has 0 fully saturated rings. The number of rotatable bonds is 8. The summed E-state index contributed by atoms with van der Waals surface area (Å²) in [5, 5.41) is 17.5. The van der Waals surface area contributed by atoms with Gasteiger partial charge in [-0.1, -0.05) is 6.92 Å². The minimum absolute atomic E-state index is 0.0777. The van der Waals surface area contributed by atoms with E-state index in [1.54, 1.807) is 34.6 Å². The van der Waals surface area contributed by atoms with Crippen LogP contribution in [0.25, 0.3) is 0 Å². The second-order valence-corrected chi connectivity index (χ2v) is 8.07. The zero-order valence-corrected chi connectivity index (χ0v) is 18.0. The molecule has 2 amide bonds. The van der Waals surface area contributed by atoms with Gasteiger partial charge in [0.1, 0.15) is 5.00 Å². The van der Waals surface area contributed by atoms with Crippen LogP contribution in [-0.4, -0.2) is 38.6 Å². The van der Waals surface area contributed by atoms with Crippen molar-refractivity contribution in [1.82, 2.24) is 9.78 Å². The molecule has 1 atom stereocenters. The highest BCUT2D eigenvalue weighted by Gasteiger charge is 2.28. The van der Waals surface area contributed by atoms with Crippen molar-refractivity contribution < 1.29 is 24.0 Å². The molecule has 30 heavy (non-hydrogen) atoms. The average molecular weight is 437 g/mol. The number of hydrogen-bond donors (Lipinski definition) is 2. The molecular formula is C18H23N5O6S.